The van der Waals surface area contributed by atoms with E-state index in [0.717, 1.165) is 0 Å². The lowest BCUT2D eigenvalue weighted by Crippen LogP contribution is -2.33. The molecule has 0 atom stereocenters. The maximum absolute atomic E-state index is 11.8. The molecule has 118 valence electrons. The van der Waals surface area contributed by atoms with E-state index in [4.69, 9.17) is 8.92 Å². The largest absolute Gasteiger partial charge is 0.444 e. The second kappa shape index (κ2) is 7.42. The van der Waals surface area contributed by atoms with E-state index >= 15 is 0 Å². The normalized spacial score (nSPS) is 12.0. The zero-order valence-electron chi connectivity index (χ0n) is 12.5. The van der Waals surface area contributed by atoms with Gasteiger partial charge in [0.2, 0.25) is 0 Å². The molecule has 0 aliphatic carbocycles. The molecule has 1 aromatic rings. The Balaban J connectivity index is 2.27. The van der Waals surface area contributed by atoms with Crippen LogP contribution in [0.5, 0.6) is 0 Å². The number of carbonyl (C=O) groups excluding carboxylic acids is 1. The molecule has 0 fully saturated rings. The molecule has 0 bridgehead atoms. The summed E-state index contributed by atoms with van der Waals surface area (Å²) < 4.78 is 33.5. The molecule has 1 aromatic carbocycles. The van der Waals surface area contributed by atoms with Crippen molar-refractivity contribution < 1.29 is 22.1 Å². The Bertz CT molecular complexity index is 548. The number of rotatable bonds is 6. The van der Waals surface area contributed by atoms with E-state index in [9.17, 15) is 13.2 Å². The maximum Gasteiger partial charge on any atom is 0.407 e. The van der Waals surface area contributed by atoms with Gasteiger partial charge in [-0.05, 0) is 39.3 Å². The van der Waals surface area contributed by atoms with Gasteiger partial charge in [-0.25, -0.2) is 4.79 Å². The fourth-order valence-electron chi connectivity index (χ4n) is 1.40. The van der Waals surface area contributed by atoms with Gasteiger partial charge in [0, 0.05) is 6.54 Å². The molecule has 0 heterocycles. The number of benzene rings is 1. The van der Waals surface area contributed by atoms with Crippen LogP contribution in [0, 0.1) is 0 Å². The molecule has 0 spiro atoms. The summed E-state index contributed by atoms with van der Waals surface area (Å²) in [6.45, 7) is 5.57. The van der Waals surface area contributed by atoms with Gasteiger partial charge in [0.1, 0.15) is 5.60 Å². The minimum absolute atomic E-state index is 0.00692. The summed E-state index contributed by atoms with van der Waals surface area (Å²) in [5.74, 6) is 0. The molecule has 0 saturated carbocycles. The molecule has 0 aromatic heterocycles. The first kappa shape index (κ1) is 17.5. The standard InChI is InChI=1S/C14H21NO5S/c1-14(2,3)20-13(16)15-10-7-11-19-21(17,18)12-8-5-4-6-9-12/h4-6,8-9H,7,10-11H2,1-3H3,(H,15,16). The predicted octanol–water partition coefficient (Wildman–Crippen LogP) is 2.31. The Hall–Kier alpha value is -1.60. The Morgan fingerprint density at radius 1 is 1.19 bits per heavy atom. The van der Waals surface area contributed by atoms with Crippen molar-refractivity contribution in [2.24, 2.45) is 0 Å². The number of ether oxygens (including phenoxy) is 1. The lowest BCUT2D eigenvalue weighted by atomic mass is 10.2. The fraction of sp³-hybridized carbons (Fsp3) is 0.500. The zero-order chi connectivity index (χ0) is 15.9. The summed E-state index contributed by atoms with van der Waals surface area (Å²) in [6.07, 6.45) is -0.167. The Kier molecular flexibility index (Phi) is 6.17. The van der Waals surface area contributed by atoms with Gasteiger partial charge in [-0.15, -0.1) is 0 Å². The van der Waals surface area contributed by atoms with Crippen LogP contribution >= 0.6 is 0 Å². The lowest BCUT2D eigenvalue weighted by molar-refractivity contribution is 0.0526. The minimum atomic E-state index is -3.73. The molecule has 7 heteroatoms. The third-order valence-electron chi connectivity index (χ3n) is 2.26. The van der Waals surface area contributed by atoms with Gasteiger partial charge >= 0.3 is 6.09 Å². The topological polar surface area (TPSA) is 81.7 Å². The number of alkyl carbamates (subject to hydrolysis) is 1. The second-order valence-corrected chi connectivity index (χ2v) is 6.99. The molecule has 6 nitrogen and oxygen atoms in total. The highest BCUT2D eigenvalue weighted by atomic mass is 32.2. The van der Waals surface area contributed by atoms with Crippen LogP contribution in [0.3, 0.4) is 0 Å². The van der Waals surface area contributed by atoms with Crippen molar-refractivity contribution in [3.8, 4) is 0 Å². The SMILES string of the molecule is CC(C)(C)OC(=O)NCCCOS(=O)(=O)c1ccccc1. The highest BCUT2D eigenvalue weighted by Gasteiger charge is 2.16. The minimum Gasteiger partial charge on any atom is -0.444 e. The van der Waals surface area contributed by atoms with Crippen molar-refractivity contribution >= 4 is 16.2 Å². The second-order valence-electron chi connectivity index (χ2n) is 5.37. The van der Waals surface area contributed by atoms with Crippen LogP contribution in [0.2, 0.25) is 0 Å². The first-order chi connectivity index (χ1) is 9.71. The van der Waals surface area contributed by atoms with Gasteiger partial charge in [0.25, 0.3) is 10.1 Å². The number of hydrogen-bond acceptors (Lipinski definition) is 5. The first-order valence-electron chi connectivity index (χ1n) is 6.62. The third-order valence-corrected chi connectivity index (χ3v) is 3.59. The number of amides is 1. The van der Waals surface area contributed by atoms with Crippen LogP contribution in [-0.2, 0) is 19.0 Å². The van der Waals surface area contributed by atoms with E-state index < -0.39 is 21.8 Å². The van der Waals surface area contributed by atoms with E-state index in [1.807, 2.05) is 0 Å². The van der Waals surface area contributed by atoms with Crippen molar-refractivity contribution in [3.05, 3.63) is 30.3 Å². The van der Waals surface area contributed by atoms with Crippen LogP contribution in [0.1, 0.15) is 27.2 Å². The summed E-state index contributed by atoms with van der Waals surface area (Å²) in [6, 6.07) is 7.91. The summed E-state index contributed by atoms with van der Waals surface area (Å²) in [4.78, 5) is 11.5. The Labute approximate surface area is 125 Å². The highest BCUT2D eigenvalue weighted by Crippen LogP contribution is 2.11. The Morgan fingerprint density at radius 2 is 1.81 bits per heavy atom. The fourth-order valence-corrected chi connectivity index (χ4v) is 2.36. The smallest absolute Gasteiger partial charge is 0.407 e. The molecule has 0 unspecified atom stereocenters. The molecule has 0 radical (unpaired) electrons. The van der Waals surface area contributed by atoms with Crippen LogP contribution in [0.25, 0.3) is 0 Å². The van der Waals surface area contributed by atoms with Crippen LogP contribution < -0.4 is 5.32 Å². The zero-order valence-corrected chi connectivity index (χ0v) is 13.3. The molecule has 21 heavy (non-hydrogen) atoms. The molecule has 1 amide bonds. The van der Waals surface area contributed by atoms with Crippen LogP contribution in [-0.4, -0.2) is 33.3 Å². The van der Waals surface area contributed by atoms with Crippen molar-refractivity contribution in [1.82, 2.24) is 5.32 Å². The molecule has 0 saturated heterocycles. The summed E-state index contributed by atoms with van der Waals surface area (Å²) in [7, 11) is -3.73. The van der Waals surface area contributed by atoms with Crippen molar-refractivity contribution in [1.29, 1.82) is 0 Å². The predicted molar refractivity (Wildman–Crippen MR) is 78.4 cm³/mol. The molecule has 0 aliphatic rings. The van der Waals surface area contributed by atoms with Gasteiger partial charge in [0.15, 0.2) is 0 Å². The van der Waals surface area contributed by atoms with Crippen LogP contribution in [0.4, 0.5) is 4.79 Å². The monoisotopic (exact) mass is 315 g/mol. The van der Waals surface area contributed by atoms with E-state index in [1.54, 1.807) is 39.0 Å². The molecule has 1 N–H and O–H groups in total. The lowest BCUT2D eigenvalue weighted by Gasteiger charge is -2.19. The van der Waals surface area contributed by atoms with Crippen molar-refractivity contribution in [2.75, 3.05) is 13.2 Å². The molecular weight excluding hydrogens is 294 g/mol. The average molecular weight is 315 g/mol. The van der Waals surface area contributed by atoms with Gasteiger partial charge in [0.05, 0.1) is 11.5 Å². The van der Waals surface area contributed by atoms with Crippen molar-refractivity contribution in [2.45, 2.75) is 37.7 Å². The Morgan fingerprint density at radius 3 is 2.38 bits per heavy atom. The average Bonchev–Trinajstić information content (AvgIpc) is 2.37. The summed E-state index contributed by atoms with van der Waals surface area (Å²) >= 11 is 0. The maximum atomic E-state index is 11.8. The van der Waals surface area contributed by atoms with Gasteiger partial charge in [-0.3, -0.25) is 4.18 Å². The van der Waals surface area contributed by atoms with E-state index in [2.05, 4.69) is 5.32 Å². The number of nitrogens with one attached hydrogen (secondary N) is 1. The van der Waals surface area contributed by atoms with Crippen molar-refractivity contribution in [3.63, 3.8) is 0 Å². The van der Waals surface area contributed by atoms with Gasteiger partial charge in [-0.2, -0.15) is 8.42 Å². The van der Waals surface area contributed by atoms with E-state index in [0.29, 0.717) is 6.42 Å². The number of carbonyl (C=O) groups is 1. The van der Waals surface area contributed by atoms with Gasteiger partial charge in [-0.1, -0.05) is 18.2 Å². The third kappa shape index (κ3) is 7.10. The van der Waals surface area contributed by atoms with E-state index in [1.165, 1.54) is 12.1 Å². The molecule has 1 rings (SSSR count). The quantitative estimate of drug-likeness (QED) is 0.643. The van der Waals surface area contributed by atoms with Crippen LogP contribution in [0.15, 0.2) is 35.2 Å². The summed E-state index contributed by atoms with van der Waals surface area (Å²) in [5.41, 5.74) is -0.558. The molecular formula is C14H21NO5S. The van der Waals surface area contributed by atoms with E-state index in [-0.39, 0.29) is 18.0 Å². The highest BCUT2D eigenvalue weighted by molar-refractivity contribution is 7.86. The molecule has 0 aliphatic heterocycles. The summed E-state index contributed by atoms with van der Waals surface area (Å²) in [5, 5.41) is 2.53. The first-order valence-corrected chi connectivity index (χ1v) is 8.03. The van der Waals surface area contributed by atoms with Gasteiger partial charge < -0.3 is 10.1 Å². The number of hydrogen-bond donors (Lipinski definition) is 1.